The van der Waals surface area contributed by atoms with Crippen molar-refractivity contribution in [3.05, 3.63) is 28.8 Å². The van der Waals surface area contributed by atoms with Crippen LogP contribution in [0.2, 0.25) is 5.02 Å². The quantitative estimate of drug-likeness (QED) is 0.695. The predicted octanol–water partition coefficient (Wildman–Crippen LogP) is 1.95. The molecule has 0 saturated heterocycles. The molecule has 0 aliphatic rings. The van der Waals surface area contributed by atoms with Crippen molar-refractivity contribution < 1.29 is 9.90 Å². The van der Waals surface area contributed by atoms with Crippen molar-refractivity contribution in [1.82, 2.24) is 5.32 Å². The molecule has 0 spiro atoms. The molecule has 0 bridgehead atoms. The van der Waals surface area contributed by atoms with Crippen molar-refractivity contribution >= 4 is 40.6 Å². The Morgan fingerprint density at radius 3 is 2.73 bits per heavy atom. The molecule has 0 fully saturated rings. The van der Waals surface area contributed by atoms with Crippen LogP contribution in [0.1, 0.15) is 10.4 Å². The summed E-state index contributed by atoms with van der Waals surface area (Å²) in [6, 6.07) is 4.58. The highest BCUT2D eigenvalue weighted by molar-refractivity contribution is 7.80. The van der Waals surface area contributed by atoms with E-state index in [4.69, 9.17) is 28.9 Å². The first-order valence-corrected chi connectivity index (χ1v) is 4.85. The zero-order valence-electron chi connectivity index (χ0n) is 7.87. The van der Waals surface area contributed by atoms with Crippen molar-refractivity contribution in [3.63, 3.8) is 0 Å². The van der Waals surface area contributed by atoms with Crippen LogP contribution in [-0.4, -0.2) is 23.2 Å². The van der Waals surface area contributed by atoms with Gasteiger partial charge in [0.2, 0.25) is 0 Å². The molecule has 1 rings (SSSR count). The number of hydrogen-bond donors (Lipinski definition) is 3. The lowest BCUT2D eigenvalue weighted by molar-refractivity contribution is 0.0697. The fraction of sp³-hybridized carbons (Fsp3) is 0.111. The van der Waals surface area contributed by atoms with Gasteiger partial charge in [-0.15, -0.1) is 0 Å². The summed E-state index contributed by atoms with van der Waals surface area (Å²) >= 11 is 10.6. The lowest BCUT2D eigenvalue weighted by Crippen LogP contribution is -2.24. The Labute approximate surface area is 97.2 Å². The van der Waals surface area contributed by atoms with Crippen LogP contribution in [0.5, 0.6) is 0 Å². The minimum absolute atomic E-state index is 0.0422. The molecule has 15 heavy (non-hydrogen) atoms. The molecular weight excluding hydrogens is 236 g/mol. The average Bonchev–Trinajstić information content (AvgIpc) is 2.20. The van der Waals surface area contributed by atoms with E-state index in [-0.39, 0.29) is 10.6 Å². The minimum Gasteiger partial charge on any atom is -0.478 e. The van der Waals surface area contributed by atoms with E-state index in [9.17, 15) is 4.79 Å². The third-order valence-electron chi connectivity index (χ3n) is 1.68. The lowest BCUT2D eigenvalue weighted by Gasteiger charge is -2.08. The lowest BCUT2D eigenvalue weighted by atomic mass is 10.2. The molecule has 1 aromatic carbocycles. The molecule has 3 N–H and O–H groups in total. The summed E-state index contributed by atoms with van der Waals surface area (Å²) in [6.07, 6.45) is 0. The number of carbonyl (C=O) groups is 1. The maximum Gasteiger partial charge on any atom is 0.337 e. The Hall–Kier alpha value is -1.33. The molecule has 0 heterocycles. The Morgan fingerprint density at radius 2 is 2.20 bits per heavy atom. The number of halogens is 1. The Bertz CT molecular complexity index is 409. The molecule has 0 aliphatic carbocycles. The second-order valence-corrected chi connectivity index (χ2v) is 3.52. The van der Waals surface area contributed by atoms with E-state index < -0.39 is 5.97 Å². The highest BCUT2D eigenvalue weighted by atomic mass is 35.5. The average molecular weight is 245 g/mol. The molecule has 0 unspecified atom stereocenters. The number of rotatable bonds is 2. The summed E-state index contributed by atoms with van der Waals surface area (Å²) in [4.78, 5) is 10.8. The van der Waals surface area contributed by atoms with Gasteiger partial charge in [-0.2, -0.15) is 0 Å². The normalized spacial score (nSPS) is 9.47. The second kappa shape index (κ2) is 4.95. The fourth-order valence-electron chi connectivity index (χ4n) is 0.961. The molecule has 0 radical (unpaired) electrons. The van der Waals surface area contributed by atoms with Crippen molar-refractivity contribution in [2.24, 2.45) is 0 Å². The Morgan fingerprint density at radius 1 is 1.53 bits per heavy atom. The molecular formula is C9H9ClN2O2S. The van der Waals surface area contributed by atoms with Crippen molar-refractivity contribution in [2.75, 3.05) is 12.4 Å². The molecule has 0 saturated carbocycles. The summed E-state index contributed by atoms with van der Waals surface area (Å²) < 4.78 is 0. The summed E-state index contributed by atoms with van der Waals surface area (Å²) in [5.74, 6) is -1.07. The van der Waals surface area contributed by atoms with Crippen LogP contribution in [0.4, 0.5) is 5.69 Å². The topological polar surface area (TPSA) is 61.4 Å². The van der Waals surface area contributed by atoms with E-state index in [2.05, 4.69) is 10.6 Å². The molecule has 1 aromatic rings. The van der Waals surface area contributed by atoms with Crippen LogP contribution in [0.25, 0.3) is 0 Å². The van der Waals surface area contributed by atoms with Gasteiger partial charge in [0.1, 0.15) is 0 Å². The van der Waals surface area contributed by atoms with E-state index in [0.717, 1.165) is 0 Å². The number of aromatic carboxylic acids is 1. The van der Waals surface area contributed by atoms with Gasteiger partial charge in [0.05, 0.1) is 10.6 Å². The smallest absolute Gasteiger partial charge is 0.337 e. The monoisotopic (exact) mass is 244 g/mol. The first-order chi connectivity index (χ1) is 7.04. The molecule has 4 nitrogen and oxygen atoms in total. The van der Waals surface area contributed by atoms with Crippen molar-refractivity contribution in [1.29, 1.82) is 0 Å². The van der Waals surface area contributed by atoms with E-state index in [1.807, 2.05) is 0 Å². The van der Waals surface area contributed by atoms with Gasteiger partial charge in [0, 0.05) is 12.7 Å². The molecule has 0 amide bonds. The van der Waals surface area contributed by atoms with Crippen LogP contribution in [0.3, 0.4) is 0 Å². The molecule has 0 atom stereocenters. The van der Waals surface area contributed by atoms with Gasteiger partial charge in [-0.05, 0) is 30.4 Å². The van der Waals surface area contributed by atoms with Gasteiger partial charge in [0.25, 0.3) is 0 Å². The molecule has 0 aliphatic heterocycles. The van der Waals surface area contributed by atoms with E-state index in [0.29, 0.717) is 10.8 Å². The van der Waals surface area contributed by atoms with Crippen LogP contribution < -0.4 is 10.6 Å². The number of carboxylic acids is 1. The first-order valence-electron chi connectivity index (χ1n) is 4.06. The van der Waals surface area contributed by atoms with E-state index in [1.165, 1.54) is 12.1 Å². The van der Waals surface area contributed by atoms with E-state index in [1.54, 1.807) is 13.1 Å². The molecule has 6 heteroatoms. The van der Waals surface area contributed by atoms with E-state index >= 15 is 0 Å². The van der Waals surface area contributed by atoms with Crippen LogP contribution in [0, 0.1) is 0 Å². The van der Waals surface area contributed by atoms with Gasteiger partial charge in [-0.3, -0.25) is 0 Å². The molecule has 0 aromatic heterocycles. The Kier molecular flexibility index (Phi) is 3.88. The maximum absolute atomic E-state index is 10.8. The second-order valence-electron chi connectivity index (χ2n) is 2.70. The number of carboxylic acid groups (broad SMARTS) is 1. The van der Waals surface area contributed by atoms with Crippen molar-refractivity contribution in [3.8, 4) is 0 Å². The number of anilines is 1. The maximum atomic E-state index is 10.8. The number of hydrogen-bond acceptors (Lipinski definition) is 2. The summed E-state index contributed by atoms with van der Waals surface area (Å²) in [5, 5.41) is 15.0. The standard InChI is InChI=1S/C9H9ClN2O2S/c1-11-9(15)12-5-2-3-7(10)6(4-5)8(13)14/h2-4H,1H3,(H,13,14)(H2,11,12,15). The number of thiocarbonyl (C=S) groups is 1. The Balaban J connectivity index is 2.97. The number of benzene rings is 1. The van der Waals surface area contributed by atoms with Crippen molar-refractivity contribution in [2.45, 2.75) is 0 Å². The van der Waals surface area contributed by atoms with Crippen LogP contribution >= 0.6 is 23.8 Å². The first kappa shape index (κ1) is 11.7. The van der Waals surface area contributed by atoms with Gasteiger partial charge < -0.3 is 15.7 Å². The van der Waals surface area contributed by atoms with Gasteiger partial charge in [-0.1, -0.05) is 11.6 Å². The predicted molar refractivity (Wildman–Crippen MR) is 63.7 cm³/mol. The third kappa shape index (κ3) is 3.07. The highest BCUT2D eigenvalue weighted by Gasteiger charge is 2.09. The number of nitrogens with one attached hydrogen (secondary N) is 2. The SMILES string of the molecule is CNC(=S)Nc1ccc(Cl)c(C(=O)O)c1. The van der Waals surface area contributed by atoms with Gasteiger partial charge >= 0.3 is 5.97 Å². The third-order valence-corrected chi connectivity index (χ3v) is 2.32. The van der Waals surface area contributed by atoms with Crippen LogP contribution in [0.15, 0.2) is 18.2 Å². The minimum atomic E-state index is -1.07. The van der Waals surface area contributed by atoms with Gasteiger partial charge in [0.15, 0.2) is 5.11 Å². The summed E-state index contributed by atoms with van der Waals surface area (Å²) in [5.41, 5.74) is 0.622. The summed E-state index contributed by atoms with van der Waals surface area (Å²) in [6.45, 7) is 0. The zero-order valence-corrected chi connectivity index (χ0v) is 9.45. The van der Waals surface area contributed by atoms with Gasteiger partial charge in [-0.25, -0.2) is 4.79 Å². The highest BCUT2D eigenvalue weighted by Crippen LogP contribution is 2.20. The molecule has 80 valence electrons. The largest absolute Gasteiger partial charge is 0.478 e. The summed E-state index contributed by atoms with van der Waals surface area (Å²) in [7, 11) is 1.67. The fourth-order valence-corrected chi connectivity index (χ4v) is 1.28. The zero-order chi connectivity index (χ0) is 11.4. The van der Waals surface area contributed by atoms with Crippen LogP contribution in [-0.2, 0) is 0 Å².